The summed E-state index contributed by atoms with van der Waals surface area (Å²) in [5, 5.41) is 9.91. The first-order valence-electron chi connectivity index (χ1n) is 4.48. The second-order valence-corrected chi connectivity index (χ2v) is 4.41. The monoisotopic (exact) mass is 193 g/mol. The number of aliphatic hydroxyl groups is 1. The molecule has 0 aliphatic rings. The van der Waals surface area contributed by atoms with Gasteiger partial charge in [0.15, 0.2) is 5.60 Å². The van der Waals surface area contributed by atoms with Crippen LogP contribution in [-0.4, -0.2) is 10.1 Å². The summed E-state index contributed by atoms with van der Waals surface area (Å²) in [6.45, 7) is 7.50. The van der Waals surface area contributed by atoms with Gasteiger partial charge in [-0.3, -0.25) is 0 Å². The van der Waals surface area contributed by atoms with Crippen molar-refractivity contribution in [2.75, 3.05) is 0 Å². The van der Waals surface area contributed by atoms with Crippen molar-refractivity contribution in [3.8, 4) is 11.8 Å². The van der Waals surface area contributed by atoms with E-state index in [9.17, 15) is 5.11 Å². The minimum Gasteiger partial charge on any atom is -0.445 e. The zero-order chi connectivity index (χ0) is 10.8. The van der Waals surface area contributed by atoms with Crippen LogP contribution >= 0.6 is 0 Å². The van der Waals surface area contributed by atoms with E-state index >= 15 is 0 Å². The smallest absolute Gasteiger partial charge is 0.238 e. The van der Waals surface area contributed by atoms with Gasteiger partial charge in [-0.2, -0.15) is 0 Å². The number of hydrogen-bond acceptors (Lipinski definition) is 3. The molecule has 1 heterocycles. The largest absolute Gasteiger partial charge is 0.445 e. The summed E-state index contributed by atoms with van der Waals surface area (Å²) in [5.41, 5.74) is -1.45. The fourth-order valence-corrected chi connectivity index (χ4v) is 0.827. The van der Waals surface area contributed by atoms with Crippen LogP contribution < -0.4 is 0 Å². The molecule has 1 aromatic rings. The number of oxazole rings is 1. The van der Waals surface area contributed by atoms with Crippen molar-refractivity contribution < 1.29 is 9.52 Å². The van der Waals surface area contributed by atoms with Gasteiger partial charge < -0.3 is 9.52 Å². The predicted molar refractivity (Wildman–Crippen MR) is 53.3 cm³/mol. The number of rotatable bonds is 1. The van der Waals surface area contributed by atoms with Gasteiger partial charge >= 0.3 is 0 Å². The molecule has 76 valence electrons. The van der Waals surface area contributed by atoms with Crippen LogP contribution in [-0.2, 0) is 5.60 Å². The van der Waals surface area contributed by atoms with Gasteiger partial charge in [0.1, 0.15) is 6.26 Å². The lowest BCUT2D eigenvalue weighted by Crippen LogP contribution is -2.19. The molecule has 1 N–H and O–H groups in total. The van der Waals surface area contributed by atoms with Crippen LogP contribution in [0, 0.1) is 17.3 Å². The molecular weight excluding hydrogens is 178 g/mol. The quantitative estimate of drug-likeness (QED) is 0.693. The number of nitrogens with zero attached hydrogens (tertiary/aromatic N) is 1. The molecule has 0 spiro atoms. The highest BCUT2D eigenvalue weighted by Gasteiger charge is 2.25. The fourth-order valence-electron chi connectivity index (χ4n) is 0.827. The van der Waals surface area contributed by atoms with Gasteiger partial charge in [0.25, 0.3) is 0 Å². The minimum absolute atomic E-state index is 0.142. The Balaban J connectivity index is 2.91. The fraction of sp³-hybridized carbons (Fsp3) is 0.545. The van der Waals surface area contributed by atoms with Gasteiger partial charge in [-0.25, -0.2) is 4.98 Å². The Morgan fingerprint density at radius 3 is 2.36 bits per heavy atom. The van der Waals surface area contributed by atoms with Crippen molar-refractivity contribution in [2.24, 2.45) is 5.41 Å². The first-order valence-corrected chi connectivity index (χ1v) is 4.48. The Morgan fingerprint density at radius 1 is 1.29 bits per heavy atom. The first-order chi connectivity index (χ1) is 6.31. The predicted octanol–water partition coefficient (Wildman–Crippen LogP) is 1.93. The molecule has 0 saturated heterocycles. The lowest BCUT2D eigenvalue weighted by atomic mass is 9.96. The molecule has 1 unspecified atom stereocenters. The van der Waals surface area contributed by atoms with Gasteiger partial charge in [0.05, 0.1) is 6.20 Å². The summed E-state index contributed by atoms with van der Waals surface area (Å²) in [6.07, 6.45) is 2.91. The summed E-state index contributed by atoms with van der Waals surface area (Å²) < 4.78 is 5.00. The van der Waals surface area contributed by atoms with Crippen LogP contribution in [0.4, 0.5) is 0 Å². The van der Waals surface area contributed by atoms with Gasteiger partial charge in [0.2, 0.25) is 5.89 Å². The van der Waals surface area contributed by atoms with Gasteiger partial charge in [-0.1, -0.05) is 11.8 Å². The Morgan fingerprint density at radius 2 is 1.93 bits per heavy atom. The van der Waals surface area contributed by atoms with E-state index in [4.69, 9.17) is 4.42 Å². The molecule has 0 aliphatic heterocycles. The van der Waals surface area contributed by atoms with Crippen LogP contribution in [0.1, 0.15) is 33.6 Å². The summed E-state index contributed by atoms with van der Waals surface area (Å²) in [6, 6.07) is 0. The van der Waals surface area contributed by atoms with E-state index in [1.165, 1.54) is 12.5 Å². The average molecular weight is 193 g/mol. The molecule has 0 saturated carbocycles. The molecule has 3 nitrogen and oxygen atoms in total. The molecule has 0 bridgehead atoms. The van der Waals surface area contributed by atoms with Crippen LogP contribution in [0.15, 0.2) is 16.9 Å². The summed E-state index contributed by atoms with van der Waals surface area (Å²) in [5.74, 6) is 5.93. The summed E-state index contributed by atoms with van der Waals surface area (Å²) >= 11 is 0. The summed E-state index contributed by atoms with van der Waals surface area (Å²) in [7, 11) is 0. The third kappa shape index (κ3) is 2.90. The molecule has 0 fully saturated rings. The maximum Gasteiger partial charge on any atom is 0.238 e. The molecule has 0 radical (unpaired) electrons. The molecule has 14 heavy (non-hydrogen) atoms. The summed E-state index contributed by atoms with van der Waals surface area (Å²) in [4.78, 5) is 3.87. The average Bonchev–Trinajstić information content (AvgIpc) is 2.52. The maximum atomic E-state index is 9.91. The van der Waals surface area contributed by atoms with E-state index in [1.54, 1.807) is 6.92 Å². The first kappa shape index (κ1) is 10.8. The highest BCUT2D eigenvalue weighted by molar-refractivity contribution is 5.20. The van der Waals surface area contributed by atoms with E-state index in [0.29, 0.717) is 0 Å². The SMILES string of the molecule is CC(C)(C)C#CC(C)(O)c1ncco1. The van der Waals surface area contributed by atoms with Gasteiger partial charge in [0, 0.05) is 5.41 Å². The van der Waals surface area contributed by atoms with Crippen molar-refractivity contribution in [1.82, 2.24) is 4.98 Å². The van der Waals surface area contributed by atoms with Crippen molar-refractivity contribution in [3.05, 3.63) is 18.4 Å². The van der Waals surface area contributed by atoms with Crippen molar-refractivity contribution in [3.63, 3.8) is 0 Å². The highest BCUT2D eigenvalue weighted by atomic mass is 16.4. The molecule has 1 rings (SSSR count). The minimum atomic E-state index is -1.31. The standard InChI is InChI=1S/C11H15NO2/c1-10(2,3)5-6-11(4,13)9-12-7-8-14-9/h7-8,13H,1-4H3. The van der Waals surface area contributed by atoms with Crippen LogP contribution in [0.5, 0.6) is 0 Å². The molecular formula is C11H15NO2. The zero-order valence-electron chi connectivity index (χ0n) is 8.96. The zero-order valence-corrected chi connectivity index (χ0v) is 8.96. The molecule has 0 amide bonds. The Bertz CT molecular complexity index is 347. The Kier molecular flexibility index (Phi) is 2.68. The van der Waals surface area contributed by atoms with Crippen molar-refractivity contribution in [2.45, 2.75) is 33.3 Å². The van der Waals surface area contributed by atoms with Crippen molar-refractivity contribution in [1.29, 1.82) is 0 Å². The molecule has 1 atom stereocenters. The van der Waals surface area contributed by atoms with Crippen molar-refractivity contribution >= 4 is 0 Å². The van der Waals surface area contributed by atoms with E-state index in [1.807, 2.05) is 20.8 Å². The molecule has 0 aromatic carbocycles. The highest BCUT2D eigenvalue weighted by Crippen LogP contribution is 2.19. The number of hydrogen-bond donors (Lipinski definition) is 1. The van der Waals surface area contributed by atoms with Gasteiger partial charge in [-0.05, 0) is 27.7 Å². The van der Waals surface area contributed by atoms with Crippen LogP contribution in [0.25, 0.3) is 0 Å². The van der Waals surface area contributed by atoms with Gasteiger partial charge in [-0.15, -0.1) is 0 Å². The van der Waals surface area contributed by atoms with E-state index in [-0.39, 0.29) is 11.3 Å². The second kappa shape index (κ2) is 3.47. The van der Waals surface area contributed by atoms with E-state index < -0.39 is 5.60 Å². The normalized spacial score (nSPS) is 15.5. The topological polar surface area (TPSA) is 46.3 Å². The van der Waals surface area contributed by atoms with Crippen LogP contribution in [0.3, 0.4) is 0 Å². The third-order valence-electron chi connectivity index (χ3n) is 1.53. The lowest BCUT2D eigenvalue weighted by Gasteiger charge is -2.13. The molecule has 3 heteroatoms. The van der Waals surface area contributed by atoms with E-state index in [0.717, 1.165) is 0 Å². The Labute approximate surface area is 84.2 Å². The number of aromatic nitrogens is 1. The Hall–Kier alpha value is -1.27. The molecule has 0 aliphatic carbocycles. The van der Waals surface area contributed by atoms with Crippen LogP contribution in [0.2, 0.25) is 0 Å². The second-order valence-electron chi connectivity index (χ2n) is 4.41. The maximum absolute atomic E-state index is 9.91. The molecule has 1 aromatic heterocycles. The third-order valence-corrected chi connectivity index (χ3v) is 1.53. The lowest BCUT2D eigenvalue weighted by molar-refractivity contribution is 0.0889. The van der Waals surface area contributed by atoms with E-state index in [2.05, 4.69) is 16.8 Å².